The molecule has 1 amide bonds. The standard InChI is InChI=1S/C12H22N2O3S/c1-8(2)12(15)14-10-5-11(14)7-13(6-10)18(16,17)9(3)4/h8-11H,5-7H2,1-4H3. The van der Waals surface area contributed by atoms with Gasteiger partial charge in [-0.1, -0.05) is 13.8 Å². The lowest BCUT2D eigenvalue weighted by Gasteiger charge is -2.56. The van der Waals surface area contributed by atoms with E-state index in [2.05, 4.69) is 0 Å². The summed E-state index contributed by atoms with van der Waals surface area (Å²) in [5.74, 6) is 0.140. The van der Waals surface area contributed by atoms with Crippen LogP contribution in [0.5, 0.6) is 0 Å². The normalized spacial score (nSPS) is 28.7. The van der Waals surface area contributed by atoms with E-state index < -0.39 is 10.0 Å². The van der Waals surface area contributed by atoms with Crippen molar-refractivity contribution < 1.29 is 13.2 Å². The first-order chi connectivity index (χ1) is 8.25. The molecule has 104 valence electrons. The molecule has 0 spiro atoms. The van der Waals surface area contributed by atoms with Gasteiger partial charge in [-0.2, -0.15) is 4.31 Å². The van der Waals surface area contributed by atoms with Crippen LogP contribution in [0.3, 0.4) is 0 Å². The third-order valence-corrected chi connectivity index (χ3v) is 6.07. The van der Waals surface area contributed by atoms with E-state index in [1.54, 1.807) is 18.2 Å². The predicted molar refractivity (Wildman–Crippen MR) is 69.5 cm³/mol. The highest BCUT2D eigenvalue weighted by molar-refractivity contribution is 7.89. The Balaban J connectivity index is 2.07. The van der Waals surface area contributed by atoms with Crippen LogP contribution in [0.25, 0.3) is 0 Å². The average Bonchev–Trinajstić information content (AvgIpc) is 2.28. The molecule has 3 saturated heterocycles. The highest BCUT2D eigenvalue weighted by Gasteiger charge is 2.50. The van der Waals surface area contributed by atoms with Gasteiger partial charge in [0.25, 0.3) is 0 Å². The second kappa shape index (κ2) is 4.49. The number of carbonyl (C=O) groups is 1. The summed E-state index contributed by atoms with van der Waals surface area (Å²) in [5, 5.41) is -0.385. The zero-order chi connectivity index (χ0) is 13.7. The number of amides is 1. The van der Waals surface area contributed by atoms with Crippen LogP contribution in [0.4, 0.5) is 0 Å². The van der Waals surface area contributed by atoms with Crippen molar-refractivity contribution in [1.82, 2.24) is 9.21 Å². The van der Waals surface area contributed by atoms with Crippen molar-refractivity contribution in [1.29, 1.82) is 0 Å². The number of fused-ring (bicyclic) bond motifs is 2. The fourth-order valence-electron chi connectivity index (χ4n) is 2.73. The molecule has 6 heteroatoms. The Morgan fingerprint density at radius 2 is 1.61 bits per heavy atom. The SMILES string of the molecule is CC(C)C(=O)N1C2CC1CN(S(=O)(=O)C(C)C)C2. The highest BCUT2D eigenvalue weighted by atomic mass is 32.2. The second-order valence-corrected chi connectivity index (χ2v) is 8.34. The van der Waals surface area contributed by atoms with Gasteiger partial charge in [-0.05, 0) is 20.3 Å². The first kappa shape index (κ1) is 13.8. The Morgan fingerprint density at radius 3 is 2.00 bits per heavy atom. The summed E-state index contributed by atoms with van der Waals surface area (Å²) in [4.78, 5) is 13.9. The summed E-state index contributed by atoms with van der Waals surface area (Å²) >= 11 is 0. The molecule has 0 aliphatic carbocycles. The quantitative estimate of drug-likeness (QED) is 0.760. The molecular formula is C12H22N2O3S. The molecule has 2 unspecified atom stereocenters. The number of carbonyl (C=O) groups excluding carboxylic acids is 1. The largest absolute Gasteiger partial charge is 0.334 e. The minimum atomic E-state index is -3.18. The fraction of sp³-hybridized carbons (Fsp3) is 0.917. The molecule has 5 nitrogen and oxygen atoms in total. The third-order valence-electron chi connectivity index (χ3n) is 3.86. The predicted octanol–water partition coefficient (Wildman–Crippen LogP) is 0.666. The molecule has 3 fully saturated rings. The van der Waals surface area contributed by atoms with Crippen LogP contribution in [0.15, 0.2) is 0 Å². The first-order valence-electron chi connectivity index (χ1n) is 6.56. The molecule has 2 bridgehead atoms. The average molecular weight is 274 g/mol. The van der Waals surface area contributed by atoms with E-state index in [9.17, 15) is 13.2 Å². The van der Waals surface area contributed by atoms with E-state index in [4.69, 9.17) is 0 Å². The van der Waals surface area contributed by atoms with E-state index in [1.807, 2.05) is 18.7 Å². The molecule has 2 atom stereocenters. The van der Waals surface area contributed by atoms with E-state index >= 15 is 0 Å². The van der Waals surface area contributed by atoms with Gasteiger partial charge in [0.2, 0.25) is 15.9 Å². The zero-order valence-electron chi connectivity index (χ0n) is 11.5. The molecular weight excluding hydrogens is 252 g/mol. The maximum atomic E-state index is 12.1. The summed E-state index contributed by atoms with van der Waals surface area (Å²) in [6, 6.07) is 0.180. The summed E-state index contributed by atoms with van der Waals surface area (Å²) in [6.07, 6.45) is 0.947. The fourth-order valence-corrected chi connectivity index (χ4v) is 4.09. The van der Waals surface area contributed by atoms with Crippen LogP contribution in [-0.2, 0) is 14.8 Å². The molecule has 0 N–H and O–H groups in total. The van der Waals surface area contributed by atoms with Crippen LogP contribution in [0, 0.1) is 5.92 Å². The summed E-state index contributed by atoms with van der Waals surface area (Å²) in [7, 11) is -3.18. The molecule has 0 aromatic rings. The minimum Gasteiger partial charge on any atom is -0.334 e. The molecule has 0 aromatic carbocycles. The van der Waals surface area contributed by atoms with Gasteiger partial charge in [0, 0.05) is 31.1 Å². The van der Waals surface area contributed by atoms with Crippen molar-refractivity contribution in [2.45, 2.75) is 51.4 Å². The Morgan fingerprint density at radius 1 is 1.11 bits per heavy atom. The maximum Gasteiger partial charge on any atom is 0.225 e. The number of piperazine rings is 1. The molecule has 0 saturated carbocycles. The molecule has 3 heterocycles. The van der Waals surface area contributed by atoms with E-state index in [0.29, 0.717) is 13.1 Å². The van der Waals surface area contributed by atoms with E-state index in [0.717, 1.165) is 6.42 Å². The van der Waals surface area contributed by atoms with Crippen LogP contribution >= 0.6 is 0 Å². The van der Waals surface area contributed by atoms with Crippen LogP contribution < -0.4 is 0 Å². The molecule has 3 aliphatic heterocycles. The molecule has 18 heavy (non-hydrogen) atoms. The lowest BCUT2D eigenvalue weighted by Crippen LogP contribution is -2.71. The minimum absolute atomic E-state index is 0.0106. The van der Waals surface area contributed by atoms with Gasteiger partial charge >= 0.3 is 0 Å². The monoisotopic (exact) mass is 274 g/mol. The van der Waals surface area contributed by atoms with Crippen molar-refractivity contribution in [3.8, 4) is 0 Å². The van der Waals surface area contributed by atoms with Crippen LogP contribution in [0.1, 0.15) is 34.1 Å². The Kier molecular flexibility index (Phi) is 3.44. The Bertz CT molecular complexity index is 432. The van der Waals surface area contributed by atoms with Crippen molar-refractivity contribution in [2.75, 3.05) is 13.1 Å². The summed E-state index contributed by atoms with van der Waals surface area (Å²) < 4.78 is 25.7. The van der Waals surface area contributed by atoms with Gasteiger partial charge in [0.05, 0.1) is 5.25 Å². The number of nitrogens with zero attached hydrogens (tertiary/aromatic N) is 2. The van der Waals surface area contributed by atoms with Gasteiger partial charge < -0.3 is 4.90 Å². The van der Waals surface area contributed by atoms with Crippen molar-refractivity contribution in [2.24, 2.45) is 5.92 Å². The Labute approximate surface area is 109 Å². The molecule has 3 rings (SSSR count). The van der Waals surface area contributed by atoms with E-state index in [-0.39, 0.29) is 29.2 Å². The van der Waals surface area contributed by atoms with Gasteiger partial charge in [-0.15, -0.1) is 0 Å². The second-order valence-electron chi connectivity index (χ2n) is 5.85. The topological polar surface area (TPSA) is 57.7 Å². The number of hydrogen-bond acceptors (Lipinski definition) is 3. The van der Waals surface area contributed by atoms with Crippen LogP contribution in [0.2, 0.25) is 0 Å². The molecule has 0 radical (unpaired) electrons. The summed E-state index contributed by atoms with van der Waals surface area (Å²) in [5.41, 5.74) is 0. The lowest BCUT2D eigenvalue weighted by molar-refractivity contribution is -0.154. The Hall–Kier alpha value is -0.620. The lowest BCUT2D eigenvalue weighted by atomic mass is 9.87. The van der Waals surface area contributed by atoms with Crippen LogP contribution in [-0.4, -0.2) is 54.0 Å². The number of sulfonamides is 1. The maximum absolute atomic E-state index is 12.1. The van der Waals surface area contributed by atoms with E-state index in [1.165, 1.54) is 0 Å². The van der Waals surface area contributed by atoms with Gasteiger partial charge in [0.15, 0.2) is 0 Å². The van der Waals surface area contributed by atoms with Gasteiger partial charge in [-0.25, -0.2) is 8.42 Å². The third kappa shape index (κ3) is 2.05. The molecule has 3 aliphatic rings. The zero-order valence-corrected chi connectivity index (χ0v) is 12.3. The summed E-state index contributed by atoms with van der Waals surface area (Å²) in [6.45, 7) is 8.11. The highest BCUT2D eigenvalue weighted by Crippen LogP contribution is 2.35. The van der Waals surface area contributed by atoms with Gasteiger partial charge in [0.1, 0.15) is 0 Å². The number of rotatable bonds is 3. The first-order valence-corrected chi connectivity index (χ1v) is 8.06. The number of piperidine rings is 1. The van der Waals surface area contributed by atoms with Gasteiger partial charge in [-0.3, -0.25) is 4.79 Å². The smallest absolute Gasteiger partial charge is 0.225 e. The van der Waals surface area contributed by atoms with Crippen molar-refractivity contribution in [3.63, 3.8) is 0 Å². The van der Waals surface area contributed by atoms with Crippen molar-refractivity contribution in [3.05, 3.63) is 0 Å². The van der Waals surface area contributed by atoms with Crippen molar-refractivity contribution >= 4 is 15.9 Å². The number of hydrogen-bond donors (Lipinski definition) is 0. The molecule has 0 aromatic heterocycles.